The van der Waals surface area contributed by atoms with Gasteiger partial charge in [-0.15, -0.1) is 0 Å². The standard InChI is InChI=1S/C28H21N3O4/c29-15-19-11-10-18-13-17(9-12-25(18)30-19)14-26(27(32)33)31-28(34)35-16-24-22-7-3-1-5-20(22)21-6-2-4-8-23(21)24/h1-13,24,26H,14,16H2,(H,31,34)(H,32,33). The number of rotatable bonds is 6. The van der Waals surface area contributed by atoms with Crippen LogP contribution >= 0.6 is 0 Å². The highest BCUT2D eigenvalue weighted by atomic mass is 16.5. The zero-order valence-electron chi connectivity index (χ0n) is 18.6. The van der Waals surface area contributed by atoms with Gasteiger partial charge >= 0.3 is 12.1 Å². The van der Waals surface area contributed by atoms with E-state index in [0.29, 0.717) is 11.2 Å². The number of alkyl carbamates (subject to hydrolysis) is 1. The third-order valence-electron chi connectivity index (χ3n) is 6.24. The molecule has 0 fully saturated rings. The maximum atomic E-state index is 12.6. The molecule has 0 saturated carbocycles. The van der Waals surface area contributed by atoms with Gasteiger partial charge in [0.05, 0.1) is 5.52 Å². The summed E-state index contributed by atoms with van der Waals surface area (Å²) >= 11 is 0. The van der Waals surface area contributed by atoms with Crippen LogP contribution in [0.15, 0.2) is 78.9 Å². The molecule has 1 aliphatic rings. The van der Waals surface area contributed by atoms with Crippen LogP contribution in [0.5, 0.6) is 0 Å². The maximum absolute atomic E-state index is 12.6. The normalized spacial score (nSPS) is 12.9. The van der Waals surface area contributed by atoms with Crippen LogP contribution in [0.4, 0.5) is 4.79 Å². The predicted molar refractivity (Wildman–Crippen MR) is 130 cm³/mol. The van der Waals surface area contributed by atoms with Crippen molar-refractivity contribution in [3.63, 3.8) is 0 Å². The first-order chi connectivity index (χ1) is 17.0. The molecule has 1 aromatic heterocycles. The van der Waals surface area contributed by atoms with Crippen LogP contribution in [0, 0.1) is 11.3 Å². The van der Waals surface area contributed by atoms with Gasteiger partial charge in [-0.1, -0.05) is 54.6 Å². The number of carbonyl (C=O) groups is 2. The van der Waals surface area contributed by atoms with Gasteiger partial charge in [0.25, 0.3) is 0 Å². The molecule has 0 saturated heterocycles. The smallest absolute Gasteiger partial charge is 0.407 e. The van der Waals surface area contributed by atoms with E-state index in [1.807, 2.05) is 42.5 Å². The lowest BCUT2D eigenvalue weighted by atomic mass is 9.98. The minimum absolute atomic E-state index is 0.0788. The van der Waals surface area contributed by atoms with Crippen molar-refractivity contribution >= 4 is 23.0 Å². The summed E-state index contributed by atoms with van der Waals surface area (Å²) < 4.78 is 5.50. The molecule has 2 N–H and O–H groups in total. The third kappa shape index (κ3) is 4.42. The van der Waals surface area contributed by atoms with Crippen LogP contribution < -0.4 is 5.32 Å². The van der Waals surface area contributed by atoms with Crippen molar-refractivity contribution in [2.24, 2.45) is 0 Å². The van der Waals surface area contributed by atoms with Crippen molar-refractivity contribution in [3.05, 3.63) is 101 Å². The number of pyridine rings is 1. The Balaban J connectivity index is 1.27. The highest BCUT2D eigenvalue weighted by Crippen LogP contribution is 2.44. The van der Waals surface area contributed by atoms with Crippen molar-refractivity contribution in [1.82, 2.24) is 10.3 Å². The zero-order chi connectivity index (χ0) is 24.4. The van der Waals surface area contributed by atoms with Crippen LogP contribution in [0.2, 0.25) is 0 Å². The van der Waals surface area contributed by atoms with Crippen LogP contribution in [-0.2, 0) is 16.0 Å². The molecule has 0 bridgehead atoms. The van der Waals surface area contributed by atoms with E-state index in [-0.39, 0.29) is 18.9 Å². The molecule has 1 unspecified atom stereocenters. The summed E-state index contributed by atoms with van der Waals surface area (Å²) in [7, 11) is 0. The number of fused-ring (bicyclic) bond motifs is 4. The topological polar surface area (TPSA) is 112 Å². The molecule has 0 radical (unpaired) electrons. The SMILES string of the molecule is N#Cc1ccc2cc(CC(NC(=O)OCC3c4ccccc4-c4ccccc43)C(=O)O)ccc2n1. The summed E-state index contributed by atoms with van der Waals surface area (Å²) in [5, 5.41) is 21.9. The minimum atomic E-state index is -1.16. The number of hydrogen-bond acceptors (Lipinski definition) is 5. The van der Waals surface area contributed by atoms with Gasteiger partial charge < -0.3 is 15.2 Å². The maximum Gasteiger partial charge on any atom is 0.407 e. The van der Waals surface area contributed by atoms with E-state index in [0.717, 1.165) is 33.2 Å². The van der Waals surface area contributed by atoms with Gasteiger partial charge in [-0.3, -0.25) is 0 Å². The summed E-state index contributed by atoms with van der Waals surface area (Å²) in [5.74, 6) is -1.26. The molecule has 7 heteroatoms. The Hall–Kier alpha value is -4.70. The summed E-state index contributed by atoms with van der Waals surface area (Å²) in [5.41, 5.74) is 6.08. The first kappa shape index (κ1) is 22.1. The Labute approximate surface area is 201 Å². The Morgan fingerprint density at radius 1 is 1.00 bits per heavy atom. The first-order valence-electron chi connectivity index (χ1n) is 11.2. The molecule has 1 atom stereocenters. The van der Waals surface area contributed by atoms with E-state index in [4.69, 9.17) is 10.00 Å². The molecule has 1 heterocycles. The molecular formula is C28H21N3O4. The number of benzene rings is 3. The number of carboxylic acids is 1. The van der Waals surface area contributed by atoms with E-state index in [9.17, 15) is 14.7 Å². The summed E-state index contributed by atoms with van der Waals surface area (Å²) in [6, 6.07) is 25.5. The summed E-state index contributed by atoms with van der Waals surface area (Å²) in [6.45, 7) is 0.106. The third-order valence-corrected chi connectivity index (χ3v) is 6.24. The van der Waals surface area contributed by atoms with E-state index in [2.05, 4.69) is 22.4 Å². The quantitative estimate of drug-likeness (QED) is 0.431. The second-order valence-corrected chi connectivity index (χ2v) is 8.40. The lowest BCUT2D eigenvalue weighted by Gasteiger charge is -2.17. The van der Waals surface area contributed by atoms with E-state index in [1.54, 1.807) is 30.3 Å². The van der Waals surface area contributed by atoms with E-state index < -0.39 is 18.1 Å². The highest BCUT2D eigenvalue weighted by Gasteiger charge is 2.29. The van der Waals surface area contributed by atoms with Gasteiger partial charge in [-0.25, -0.2) is 14.6 Å². The molecule has 4 aromatic rings. The Morgan fingerprint density at radius 3 is 2.34 bits per heavy atom. The number of carbonyl (C=O) groups excluding carboxylic acids is 1. The number of ether oxygens (including phenoxy) is 1. The molecule has 5 rings (SSSR count). The largest absolute Gasteiger partial charge is 0.480 e. The molecular weight excluding hydrogens is 442 g/mol. The number of amides is 1. The fraction of sp³-hybridized carbons (Fsp3) is 0.143. The number of nitriles is 1. The molecule has 1 aliphatic carbocycles. The zero-order valence-corrected chi connectivity index (χ0v) is 18.6. The Bertz CT molecular complexity index is 1450. The molecule has 35 heavy (non-hydrogen) atoms. The first-order valence-corrected chi connectivity index (χ1v) is 11.2. The monoisotopic (exact) mass is 463 g/mol. The van der Waals surface area contributed by atoms with Crippen molar-refractivity contribution in [3.8, 4) is 17.2 Å². The van der Waals surface area contributed by atoms with Crippen molar-refractivity contribution in [2.45, 2.75) is 18.4 Å². The molecule has 1 amide bonds. The van der Waals surface area contributed by atoms with Crippen molar-refractivity contribution in [1.29, 1.82) is 5.26 Å². The Morgan fingerprint density at radius 2 is 1.69 bits per heavy atom. The summed E-state index contributed by atoms with van der Waals surface area (Å²) in [4.78, 5) is 28.7. The molecule has 172 valence electrons. The number of carboxylic acid groups (broad SMARTS) is 1. The van der Waals surface area contributed by atoms with Crippen LogP contribution in [0.25, 0.3) is 22.0 Å². The van der Waals surface area contributed by atoms with Gasteiger partial charge in [0.2, 0.25) is 0 Å². The number of aromatic nitrogens is 1. The molecule has 3 aromatic carbocycles. The van der Waals surface area contributed by atoms with Gasteiger partial charge in [0, 0.05) is 17.7 Å². The number of aliphatic carboxylic acids is 1. The average Bonchev–Trinajstić information content (AvgIpc) is 3.20. The second kappa shape index (κ2) is 9.27. The average molecular weight is 463 g/mol. The van der Waals surface area contributed by atoms with Crippen LogP contribution in [-0.4, -0.2) is 34.8 Å². The van der Waals surface area contributed by atoms with E-state index in [1.165, 1.54) is 0 Å². The molecule has 7 nitrogen and oxygen atoms in total. The molecule has 0 aliphatic heterocycles. The predicted octanol–water partition coefficient (Wildman–Crippen LogP) is 4.64. The van der Waals surface area contributed by atoms with Crippen LogP contribution in [0.3, 0.4) is 0 Å². The van der Waals surface area contributed by atoms with Crippen molar-refractivity contribution < 1.29 is 19.4 Å². The fourth-order valence-corrected chi connectivity index (χ4v) is 4.58. The fourth-order valence-electron chi connectivity index (χ4n) is 4.58. The minimum Gasteiger partial charge on any atom is -0.480 e. The number of nitrogens with zero attached hydrogens (tertiary/aromatic N) is 2. The van der Waals surface area contributed by atoms with Crippen LogP contribution in [0.1, 0.15) is 28.3 Å². The highest BCUT2D eigenvalue weighted by molar-refractivity contribution is 5.83. The van der Waals surface area contributed by atoms with E-state index >= 15 is 0 Å². The van der Waals surface area contributed by atoms with Gasteiger partial charge in [0.1, 0.15) is 24.4 Å². The Kier molecular flexibility index (Phi) is 5.86. The van der Waals surface area contributed by atoms with Gasteiger partial charge in [-0.2, -0.15) is 5.26 Å². The van der Waals surface area contributed by atoms with Crippen molar-refractivity contribution in [2.75, 3.05) is 6.61 Å². The second-order valence-electron chi connectivity index (χ2n) is 8.40. The lowest BCUT2D eigenvalue weighted by Crippen LogP contribution is -2.42. The summed E-state index contributed by atoms with van der Waals surface area (Å²) in [6.07, 6.45) is -0.699. The van der Waals surface area contributed by atoms with Gasteiger partial charge in [0.15, 0.2) is 0 Å². The molecule has 0 spiro atoms. The lowest BCUT2D eigenvalue weighted by molar-refractivity contribution is -0.139. The number of nitrogens with one attached hydrogen (secondary N) is 1. The van der Waals surface area contributed by atoms with Gasteiger partial charge in [-0.05, 0) is 52.1 Å². The number of hydrogen-bond donors (Lipinski definition) is 2.